The lowest BCUT2D eigenvalue weighted by Crippen LogP contribution is -2.46. The summed E-state index contributed by atoms with van der Waals surface area (Å²) in [5, 5.41) is 3.96. The number of nitrogen functional groups attached to an aromatic ring is 1. The molecule has 8 nitrogen and oxygen atoms in total. The number of anilines is 2. The van der Waals surface area contributed by atoms with Gasteiger partial charge in [-0.2, -0.15) is 0 Å². The van der Waals surface area contributed by atoms with Gasteiger partial charge in [-0.25, -0.2) is 9.97 Å². The topological polar surface area (TPSA) is 104 Å². The van der Waals surface area contributed by atoms with Gasteiger partial charge >= 0.3 is 11.8 Å². The highest BCUT2D eigenvalue weighted by Gasteiger charge is 2.35. The molecule has 0 radical (unpaired) electrons. The number of carbonyl (C=O) groups excluding carboxylic acids is 2. The van der Waals surface area contributed by atoms with Gasteiger partial charge in [0.1, 0.15) is 5.82 Å². The molecule has 5 rings (SSSR count). The Morgan fingerprint density at radius 1 is 1.13 bits per heavy atom. The molecule has 208 valence electrons. The maximum atomic E-state index is 13.5. The molecule has 2 fully saturated rings. The van der Waals surface area contributed by atoms with Crippen LogP contribution >= 0.6 is 11.3 Å². The van der Waals surface area contributed by atoms with Crippen molar-refractivity contribution in [3.05, 3.63) is 46.6 Å². The van der Waals surface area contributed by atoms with E-state index in [4.69, 9.17) is 10.7 Å². The Morgan fingerprint density at radius 2 is 1.87 bits per heavy atom. The Kier molecular flexibility index (Phi) is 7.91. The third kappa shape index (κ3) is 5.65. The predicted octanol–water partition coefficient (Wildman–Crippen LogP) is 5.36. The molecule has 0 bridgehead atoms. The first-order chi connectivity index (χ1) is 18.6. The molecule has 5 atom stereocenters. The number of benzene rings is 1. The summed E-state index contributed by atoms with van der Waals surface area (Å²) in [6.07, 6.45) is 6.25. The Bertz CT molecular complexity index is 1360. The number of carbonyl (C=O) groups is 2. The highest BCUT2D eigenvalue weighted by atomic mass is 32.1. The lowest BCUT2D eigenvalue weighted by Gasteiger charge is -2.39. The number of aryl methyl sites for hydroxylation is 1. The molecule has 0 spiro atoms. The van der Waals surface area contributed by atoms with Gasteiger partial charge in [0.05, 0.1) is 33.2 Å². The predicted molar refractivity (Wildman–Crippen MR) is 158 cm³/mol. The second kappa shape index (κ2) is 11.2. The van der Waals surface area contributed by atoms with E-state index in [2.05, 4.69) is 61.2 Å². The first kappa shape index (κ1) is 27.5. The van der Waals surface area contributed by atoms with E-state index < -0.39 is 11.8 Å². The summed E-state index contributed by atoms with van der Waals surface area (Å²) >= 11 is 1.79. The number of rotatable bonds is 4. The number of pyridine rings is 1. The Hall–Kier alpha value is -3.04. The molecule has 2 aromatic heterocycles. The number of piperidine rings is 2. The van der Waals surface area contributed by atoms with Crippen LogP contribution in [0.4, 0.5) is 11.5 Å². The minimum absolute atomic E-state index is 0.159. The molecular weight excluding hydrogens is 508 g/mol. The van der Waals surface area contributed by atoms with Crippen molar-refractivity contribution in [2.45, 2.75) is 83.8 Å². The van der Waals surface area contributed by atoms with Crippen molar-refractivity contribution in [3.63, 3.8) is 0 Å². The smallest absolute Gasteiger partial charge is 0.313 e. The minimum Gasteiger partial charge on any atom is -0.383 e. The van der Waals surface area contributed by atoms with E-state index >= 15 is 0 Å². The molecule has 0 aliphatic carbocycles. The number of nitrogens with one attached hydrogen (secondary N) is 1. The third-order valence-electron chi connectivity index (χ3n) is 8.72. The highest BCUT2D eigenvalue weighted by Crippen LogP contribution is 2.40. The van der Waals surface area contributed by atoms with E-state index in [1.807, 2.05) is 6.92 Å². The SMILES string of the molecule is CCc1cc(NC(=O)C(=O)N2C[C@@H](C)CC[C@@H]2c2ccc3sc([C@H]4C[C@@H](C)N(C)[C@@H](C)C4)nc3c2)cnc1N. The van der Waals surface area contributed by atoms with Crippen LogP contribution in [0.1, 0.15) is 81.5 Å². The molecule has 39 heavy (non-hydrogen) atoms. The zero-order valence-corrected chi connectivity index (χ0v) is 24.4. The first-order valence-corrected chi connectivity index (χ1v) is 14.9. The summed E-state index contributed by atoms with van der Waals surface area (Å²) < 4.78 is 1.18. The number of thiazole rings is 1. The summed E-state index contributed by atoms with van der Waals surface area (Å²) in [5.74, 6) is 0.0681. The van der Waals surface area contributed by atoms with Gasteiger partial charge in [0.25, 0.3) is 0 Å². The lowest BCUT2D eigenvalue weighted by atomic mass is 9.88. The molecule has 4 heterocycles. The fourth-order valence-electron chi connectivity index (χ4n) is 6.14. The van der Waals surface area contributed by atoms with Gasteiger partial charge in [-0.3, -0.25) is 9.59 Å². The fraction of sp³-hybridized carbons (Fsp3) is 0.533. The Morgan fingerprint density at radius 3 is 2.59 bits per heavy atom. The van der Waals surface area contributed by atoms with Crippen LogP contribution in [0.25, 0.3) is 10.2 Å². The van der Waals surface area contributed by atoms with Crippen LogP contribution < -0.4 is 11.1 Å². The molecule has 0 unspecified atom stereocenters. The van der Waals surface area contributed by atoms with Gasteiger partial charge in [0.15, 0.2) is 0 Å². The van der Waals surface area contributed by atoms with Crippen molar-refractivity contribution < 1.29 is 9.59 Å². The van der Waals surface area contributed by atoms with Crippen LogP contribution in [0, 0.1) is 5.92 Å². The monoisotopic (exact) mass is 548 g/mol. The lowest BCUT2D eigenvalue weighted by molar-refractivity contribution is -0.146. The number of nitrogens with zero attached hydrogens (tertiary/aromatic N) is 4. The third-order valence-corrected chi connectivity index (χ3v) is 9.92. The van der Waals surface area contributed by atoms with Crippen molar-refractivity contribution in [1.29, 1.82) is 0 Å². The van der Waals surface area contributed by atoms with Crippen LogP contribution in [-0.4, -0.2) is 57.3 Å². The van der Waals surface area contributed by atoms with Gasteiger partial charge in [-0.1, -0.05) is 19.9 Å². The van der Waals surface area contributed by atoms with Crippen molar-refractivity contribution >= 4 is 44.9 Å². The molecule has 3 N–H and O–H groups in total. The number of likely N-dealkylation sites (tertiary alicyclic amines) is 2. The molecular formula is C30H40N6O2S. The Balaban J connectivity index is 1.36. The molecule has 2 saturated heterocycles. The second-order valence-electron chi connectivity index (χ2n) is 11.5. The molecule has 1 aromatic carbocycles. The van der Waals surface area contributed by atoms with Gasteiger partial charge in [0.2, 0.25) is 0 Å². The van der Waals surface area contributed by atoms with Crippen molar-refractivity contribution in [1.82, 2.24) is 19.8 Å². The summed E-state index contributed by atoms with van der Waals surface area (Å²) in [6, 6.07) is 9.08. The average molecular weight is 549 g/mol. The summed E-state index contributed by atoms with van der Waals surface area (Å²) in [7, 11) is 2.21. The van der Waals surface area contributed by atoms with Crippen molar-refractivity contribution in [2.75, 3.05) is 24.6 Å². The fourth-order valence-corrected chi connectivity index (χ4v) is 7.22. The number of hydrogen-bond donors (Lipinski definition) is 2. The number of hydrogen-bond acceptors (Lipinski definition) is 7. The van der Waals surface area contributed by atoms with Gasteiger partial charge in [-0.15, -0.1) is 11.3 Å². The van der Waals surface area contributed by atoms with E-state index in [1.165, 1.54) is 15.9 Å². The van der Waals surface area contributed by atoms with E-state index in [0.717, 1.165) is 42.3 Å². The number of nitrogens with two attached hydrogens (primary N) is 1. The standard InChI is InChI=1S/C30H40N6O2S/c1-6-20-13-23(15-32-27(20)31)33-28(37)30(38)36-16-17(2)7-9-25(36)21-8-10-26-24(14-21)34-29(39-26)22-11-18(3)35(5)19(4)12-22/h8,10,13-15,17-19,22,25H,6-7,9,11-12,16H2,1-5H3,(H2,31,32)(H,33,37)/t17-,18-,19+,22+,25+/m0/s1. The van der Waals surface area contributed by atoms with E-state index in [1.54, 1.807) is 22.3 Å². The van der Waals surface area contributed by atoms with Gasteiger partial charge in [0, 0.05) is 24.5 Å². The van der Waals surface area contributed by atoms with Crippen LogP contribution in [0.2, 0.25) is 0 Å². The molecule has 9 heteroatoms. The van der Waals surface area contributed by atoms with Crippen LogP contribution in [0.3, 0.4) is 0 Å². The Labute approximate surface area is 235 Å². The van der Waals surface area contributed by atoms with E-state index in [0.29, 0.717) is 48.4 Å². The molecule has 3 aromatic rings. The quantitative estimate of drug-likeness (QED) is 0.426. The van der Waals surface area contributed by atoms with Gasteiger partial charge in [-0.05, 0) is 88.2 Å². The normalized spacial score (nSPS) is 26.1. The van der Waals surface area contributed by atoms with Crippen molar-refractivity contribution in [2.24, 2.45) is 5.92 Å². The minimum atomic E-state index is -0.648. The summed E-state index contributed by atoms with van der Waals surface area (Å²) in [4.78, 5) is 40.0. The van der Waals surface area contributed by atoms with Gasteiger partial charge < -0.3 is 20.9 Å². The average Bonchev–Trinajstić information content (AvgIpc) is 3.35. The maximum Gasteiger partial charge on any atom is 0.313 e. The number of aromatic nitrogens is 2. The summed E-state index contributed by atoms with van der Waals surface area (Å²) in [5.41, 5.74) is 9.25. The molecule has 2 amide bonds. The van der Waals surface area contributed by atoms with E-state index in [-0.39, 0.29) is 6.04 Å². The molecule has 2 aliphatic heterocycles. The zero-order chi connectivity index (χ0) is 27.8. The highest BCUT2D eigenvalue weighted by molar-refractivity contribution is 7.18. The molecule has 0 saturated carbocycles. The number of amides is 2. The zero-order valence-electron chi connectivity index (χ0n) is 23.6. The first-order valence-electron chi connectivity index (χ1n) is 14.1. The maximum absolute atomic E-state index is 13.5. The second-order valence-corrected chi connectivity index (χ2v) is 12.6. The largest absolute Gasteiger partial charge is 0.383 e. The molecule has 2 aliphatic rings. The van der Waals surface area contributed by atoms with Crippen molar-refractivity contribution in [3.8, 4) is 0 Å². The van der Waals surface area contributed by atoms with Crippen LogP contribution in [0.15, 0.2) is 30.5 Å². The van der Waals surface area contributed by atoms with Crippen LogP contribution in [0.5, 0.6) is 0 Å². The van der Waals surface area contributed by atoms with Crippen LogP contribution in [-0.2, 0) is 16.0 Å². The number of fused-ring (bicyclic) bond motifs is 1. The summed E-state index contributed by atoms with van der Waals surface area (Å²) in [6.45, 7) is 9.24. The van der Waals surface area contributed by atoms with E-state index in [9.17, 15) is 9.59 Å².